The Morgan fingerprint density at radius 3 is 2.44 bits per heavy atom. The van der Waals surface area contributed by atoms with Gasteiger partial charge in [0, 0.05) is 69.0 Å². The molecule has 0 spiro atoms. The number of rotatable bonds is 11. The molecule has 1 unspecified atom stereocenters. The fraction of sp³-hybridized carbons (Fsp3) is 0.447. The molecule has 14 nitrogen and oxygen atoms in total. The number of carboxylic acid groups (broad SMARTS) is 1. The lowest BCUT2D eigenvalue weighted by Gasteiger charge is -2.33. The summed E-state index contributed by atoms with van der Waals surface area (Å²) in [5, 5.41) is 16.7. The number of fused-ring (bicyclic) bond motifs is 1. The Bertz CT molecular complexity index is 2150. The van der Waals surface area contributed by atoms with Crippen LogP contribution in [0.2, 0.25) is 25.7 Å². The van der Waals surface area contributed by atoms with Gasteiger partial charge in [0.1, 0.15) is 30.3 Å². The summed E-state index contributed by atoms with van der Waals surface area (Å²) in [6, 6.07) is 9.75. The molecule has 2 amide bonds. The van der Waals surface area contributed by atoms with Crippen LogP contribution in [0.1, 0.15) is 61.4 Å². The highest BCUT2D eigenvalue weighted by molar-refractivity contribution is 6.76. The predicted molar refractivity (Wildman–Crippen MR) is 206 cm³/mol. The molecule has 0 aliphatic carbocycles. The minimum atomic E-state index is -1.34. The molecule has 16 heteroatoms. The summed E-state index contributed by atoms with van der Waals surface area (Å²) in [7, 11) is -1.34. The van der Waals surface area contributed by atoms with E-state index in [1.807, 2.05) is 43.5 Å². The number of pyridine rings is 1. The van der Waals surface area contributed by atoms with Crippen LogP contribution in [0.3, 0.4) is 0 Å². The van der Waals surface area contributed by atoms with Gasteiger partial charge in [0.25, 0.3) is 11.7 Å². The van der Waals surface area contributed by atoms with E-state index in [4.69, 9.17) is 14.2 Å². The van der Waals surface area contributed by atoms with Gasteiger partial charge in [-0.3, -0.25) is 4.79 Å². The van der Waals surface area contributed by atoms with Crippen molar-refractivity contribution in [3.8, 4) is 22.5 Å². The molecule has 1 aromatic carbocycles. The fourth-order valence-electron chi connectivity index (χ4n) is 6.34. The second kappa shape index (κ2) is 15.3. The van der Waals surface area contributed by atoms with Gasteiger partial charge in [-0.05, 0) is 55.3 Å². The summed E-state index contributed by atoms with van der Waals surface area (Å²) in [5.74, 6) is 0.0382. The van der Waals surface area contributed by atoms with Crippen molar-refractivity contribution in [2.24, 2.45) is 0 Å². The van der Waals surface area contributed by atoms with Crippen molar-refractivity contribution < 1.29 is 28.3 Å². The van der Waals surface area contributed by atoms with Gasteiger partial charge in [-0.2, -0.15) is 4.98 Å². The number of piperazine rings is 1. The number of halogens is 1. The van der Waals surface area contributed by atoms with Gasteiger partial charge in [0.05, 0.1) is 17.4 Å². The number of nitrogens with one attached hydrogen (secondary N) is 1. The molecule has 4 aromatic heterocycles. The molecule has 6 rings (SSSR count). The van der Waals surface area contributed by atoms with E-state index < -0.39 is 37.3 Å². The zero-order chi connectivity index (χ0) is 38.9. The van der Waals surface area contributed by atoms with Crippen LogP contribution in [0.5, 0.6) is 0 Å². The monoisotopic (exact) mass is 757 g/mol. The number of anilines is 1. The molecule has 5 heterocycles. The van der Waals surface area contributed by atoms with Crippen molar-refractivity contribution in [2.45, 2.75) is 78.5 Å². The van der Waals surface area contributed by atoms with E-state index in [1.54, 1.807) is 32.2 Å². The van der Waals surface area contributed by atoms with Crippen LogP contribution in [0.4, 0.5) is 15.0 Å². The zero-order valence-electron chi connectivity index (χ0n) is 32.1. The van der Waals surface area contributed by atoms with Gasteiger partial charge in [-0.25, -0.2) is 24.1 Å². The van der Waals surface area contributed by atoms with E-state index in [0.717, 1.165) is 23.1 Å². The maximum absolute atomic E-state index is 16.4. The molecule has 286 valence electrons. The maximum Gasteiger partial charge on any atom is 0.407 e. The summed E-state index contributed by atoms with van der Waals surface area (Å²) >= 11 is 0. The van der Waals surface area contributed by atoms with Gasteiger partial charge < -0.3 is 34.1 Å². The Kier molecular flexibility index (Phi) is 10.9. The third kappa shape index (κ3) is 8.28. The third-order valence-electron chi connectivity index (χ3n) is 9.59. The molecule has 0 radical (unpaired) electrons. The highest BCUT2D eigenvalue weighted by Gasteiger charge is 2.27. The van der Waals surface area contributed by atoms with Gasteiger partial charge >= 0.3 is 6.09 Å². The first-order valence-corrected chi connectivity index (χ1v) is 21.8. The van der Waals surface area contributed by atoms with E-state index in [1.165, 1.54) is 11.2 Å². The van der Waals surface area contributed by atoms with E-state index in [9.17, 15) is 14.7 Å². The van der Waals surface area contributed by atoms with E-state index >= 15 is 4.39 Å². The lowest BCUT2D eigenvalue weighted by Crippen LogP contribution is -2.48. The Morgan fingerprint density at radius 2 is 1.81 bits per heavy atom. The average molecular weight is 758 g/mol. The Morgan fingerprint density at radius 1 is 1.07 bits per heavy atom. The first-order valence-electron chi connectivity index (χ1n) is 18.1. The Balaban J connectivity index is 1.30. The summed E-state index contributed by atoms with van der Waals surface area (Å²) in [5.41, 5.74) is 3.47. The normalized spacial score (nSPS) is 14.5. The van der Waals surface area contributed by atoms with Crippen LogP contribution in [0.25, 0.3) is 33.5 Å². The van der Waals surface area contributed by atoms with E-state index in [-0.39, 0.29) is 12.6 Å². The summed E-state index contributed by atoms with van der Waals surface area (Å²) < 4.78 is 29.9. The number of aromatic nitrogens is 6. The lowest BCUT2D eigenvalue weighted by atomic mass is 9.96. The zero-order valence-corrected chi connectivity index (χ0v) is 33.1. The molecular formula is C38H48FN9O5Si. The highest BCUT2D eigenvalue weighted by Crippen LogP contribution is 2.36. The van der Waals surface area contributed by atoms with Crippen LogP contribution < -0.4 is 10.2 Å². The molecule has 1 fully saturated rings. The molecule has 0 bridgehead atoms. The van der Waals surface area contributed by atoms with Crippen molar-refractivity contribution in [2.75, 3.05) is 37.7 Å². The number of carbonyl (C=O) groups excluding carboxylic acids is 1. The van der Waals surface area contributed by atoms with Gasteiger partial charge in [-0.15, -0.1) is 0 Å². The quantitative estimate of drug-likeness (QED) is 0.106. The van der Waals surface area contributed by atoms with Crippen molar-refractivity contribution in [1.82, 2.24) is 39.9 Å². The van der Waals surface area contributed by atoms with Crippen molar-refractivity contribution in [1.29, 1.82) is 0 Å². The molecule has 2 N–H and O–H groups in total. The van der Waals surface area contributed by atoms with E-state index in [2.05, 4.69) is 50.0 Å². The number of nitrogens with zero attached hydrogens (tertiary/aromatic N) is 8. The maximum atomic E-state index is 16.4. The number of amides is 2. The summed E-state index contributed by atoms with van der Waals surface area (Å²) in [6.07, 6.45) is 2.30. The minimum absolute atomic E-state index is 0.0851. The number of hydrogen-bond acceptors (Lipinski definition) is 10. The first-order chi connectivity index (χ1) is 25.5. The van der Waals surface area contributed by atoms with Crippen LogP contribution in [-0.4, -0.2) is 92.5 Å². The smallest absolute Gasteiger partial charge is 0.407 e. The van der Waals surface area contributed by atoms with Crippen LogP contribution in [-0.2, 0) is 16.9 Å². The van der Waals surface area contributed by atoms with Crippen molar-refractivity contribution >= 4 is 36.9 Å². The number of hydrogen-bond donors (Lipinski definition) is 2. The predicted octanol–water partition coefficient (Wildman–Crippen LogP) is 6.89. The second-order valence-corrected chi connectivity index (χ2v) is 21.6. The lowest BCUT2D eigenvalue weighted by molar-refractivity contribution is 0.0908. The second-order valence-electron chi connectivity index (χ2n) is 15.9. The van der Waals surface area contributed by atoms with Crippen molar-refractivity contribution in [3.05, 3.63) is 71.5 Å². The standard InChI is InChI=1S/C38H48FN9O5Si/c1-23-26(24(2)43-35(49)33-44-36(53-45-33)38(3,4)5)10-11-27(31(23)39)32-28-19-29(48(34(28)42-21-41-32)22-52-17-18-54(6,7)8)25-9-12-30(40-20-25)46-13-15-47(16-14-46)37(50)51/h9-12,19-21,24H,13-18,22H2,1-8H3,(H,43,49)(H,50,51). The number of ether oxygens (including phenoxy) is 1. The molecule has 54 heavy (non-hydrogen) atoms. The van der Waals surface area contributed by atoms with Crippen LogP contribution >= 0.6 is 0 Å². The first kappa shape index (κ1) is 38.5. The van der Waals surface area contributed by atoms with Crippen LogP contribution in [0, 0.1) is 12.7 Å². The number of carbonyl (C=O) groups is 2. The van der Waals surface area contributed by atoms with Gasteiger partial charge in [0.15, 0.2) is 0 Å². The van der Waals surface area contributed by atoms with Gasteiger partial charge in [0.2, 0.25) is 5.89 Å². The number of benzene rings is 1. The largest absolute Gasteiger partial charge is 0.465 e. The molecule has 1 aliphatic heterocycles. The molecule has 1 saturated heterocycles. The Labute approximate surface area is 314 Å². The highest BCUT2D eigenvalue weighted by atomic mass is 28.3. The topological polar surface area (TPSA) is 165 Å². The molecular weight excluding hydrogens is 710 g/mol. The summed E-state index contributed by atoms with van der Waals surface area (Å²) in [6.45, 7) is 18.8. The molecule has 1 atom stereocenters. The van der Waals surface area contributed by atoms with Crippen molar-refractivity contribution in [3.63, 3.8) is 0 Å². The SMILES string of the molecule is Cc1c(C(C)NC(=O)c2noc(C(C)(C)C)n2)ccc(-c2ncnc3c2cc(-c2ccc(N4CCN(C(=O)O)CC4)nc2)n3COCC[Si](C)(C)C)c1F. The van der Waals surface area contributed by atoms with E-state index in [0.29, 0.717) is 72.1 Å². The van der Waals surface area contributed by atoms with Gasteiger partial charge in [-0.1, -0.05) is 51.6 Å². The third-order valence-corrected chi connectivity index (χ3v) is 11.3. The van der Waals surface area contributed by atoms with Crippen LogP contribution in [0.15, 0.2) is 47.4 Å². The average Bonchev–Trinajstić information content (AvgIpc) is 3.78. The minimum Gasteiger partial charge on any atom is -0.465 e. The Hall–Kier alpha value is -5.22. The molecule has 1 aliphatic rings. The molecule has 5 aromatic rings. The summed E-state index contributed by atoms with van der Waals surface area (Å²) in [4.78, 5) is 46.0. The fourth-order valence-corrected chi connectivity index (χ4v) is 7.10. The molecule has 0 saturated carbocycles.